The minimum absolute atomic E-state index is 0.707. The predicted octanol–water partition coefficient (Wildman–Crippen LogP) is 8.64. The Bertz CT molecular complexity index is 546. The van der Waals surface area contributed by atoms with Crippen molar-refractivity contribution in [2.45, 2.75) is 124 Å². The summed E-state index contributed by atoms with van der Waals surface area (Å²) >= 11 is 0. The molecule has 0 heteroatoms. The molecule has 0 bridgehead atoms. The van der Waals surface area contributed by atoms with Crippen molar-refractivity contribution in [3.8, 4) is 0 Å². The molecule has 0 heterocycles. The van der Waals surface area contributed by atoms with E-state index in [1.165, 1.54) is 44.9 Å². The Labute approximate surface area is 176 Å². The second-order valence-corrected chi connectivity index (χ2v) is 12.8. The molecule has 0 saturated heterocycles. The Balaban J connectivity index is 1.22. The molecule has 8 unspecified atom stereocenters. The van der Waals surface area contributed by atoms with Crippen LogP contribution in [0.3, 0.4) is 0 Å². The first-order chi connectivity index (χ1) is 13.5. The summed E-state index contributed by atoms with van der Waals surface area (Å²) in [6.07, 6.45) is 24.8. The third-order valence-corrected chi connectivity index (χ3v) is 11.9. The molecule has 0 aromatic heterocycles. The van der Waals surface area contributed by atoms with Gasteiger partial charge in [-0.2, -0.15) is 0 Å². The maximum atomic E-state index is 2.76. The minimum atomic E-state index is 0.707. The van der Waals surface area contributed by atoms with Gasteiger partial charge in [-0.1, -0.05) is 65.7 Å². The van der Waals surface area contributed by atoms with Gasteiger partial charge in [0.1, 0.15) is 0 Å². The Kier molecular flexibility index (Phi) is 5.41. The number of rotatable bonds is 5. The lowest BCUT2D eigenvalue weighted by Crippen LogP contribution is -2.52. The van der Waals surface area contributed by atoms with Crippen molar-refractivity contribution in [2.75, 3.05) is 0 Å². The van der Waals surface area contributed by atoms with Gasteiger partial charge in [0, 0.05) is 0 Å². The standard InChI is InChI=1S/C28H48/c1-20(21-9-7-10-21)8-6-12-23-14-16-25-24-15-13-22-11-4-5-18-27(22,2)26(24)17-19-28(23,25)3/h20-26H,4-19H2,1-3H3. The van der Waals surface area contributed by atoms with Crippen LogP contribution >= 0.6 is 0 Å². The molecular formula is C28H48. The van der Waals surface area contributed by atoms with E-state index in [1.54, 1.807) is 57.8 Å². The molecule has 5 rings (SSSR count). The van der Waals surface area contributed by atoms with Crippen molar-refractivity contribution in [1.82, 2.24) is 0 Å². The minimum Gasteiger partial charge on any atom is -0.0622 e. The van der Waals surface area contributed by atoms with E-state index in [0.717, 1.165) is 46.8 Å². The molecule has 0 amide bonds. The largest absolute Gasteiger partial charge is 0.0622 e. The fourth-order valence-electron chi connectivity index (χ4n) is 9.81. The van der Waals surface area contributed by atoms with Gasteiger partial charge in [0.15, 0.2) is 0 Å². The lowest BCUT2D eigenvalue weighted by molar-refractivity contribution is -0.111. The normalized spacial score (nSPS) is 49.6. The van der Waals surface area contributed by atoms with Crippen molar-refractivity contribution in [3.63, 3.8) is 0 Å². The highest BCUT2D eigenvalue weighted by Crippen LogP contribution is 2.67. The molecule has 0 aromatic carbocycles. The van der Waals surface area contributed by atoms with Gasteiger partial charge in [0.25, 0.3) is 0 Å². The van der Waals surface area contributed by atoms with E-state index >= 15 is 0 Å². The zero-order valence-corrected chi connectivity index (χ0v) is 19.4. The first-order valence-electron chi connectivity index (χ1n) is 13.5. The summed E-state index contributed by atoms with van der Waals surface area (Å²) in [6, 6.07) is 0. The molecule has 0 radical (unpaired) electrons. The van der Waals surface area contributed by atoms with Gasteiger partial charge in [-0.25, -0.2) is 0 Å². The van der Waals surface area contributed by atoms with Crippen LogP contribution < -0.4 is 0 Å². The van der Waals surface area contributed by atoms with Crippen LogP contribution in [0.25, 0.3) is 0 Å². The van der Waals surface area contributed by atoms with Crippen LogP contribution in [0.2, 0.25) is 0 Å². The molecule has 0 aliphatic heterocycles. The molecule has 5 aliphatic rings. The maximum absolute atomic E-state index is 2.76. The van der Waals surface area contributed by atoms with Gasteiger partial charge in [-0.15, -0.1) is 0 Å². The van der Waals surface area contributed by atoms with Crippen molar-refractivity contribution >= 4 is 0 Å². The zero-order chi connectivity index (χ0) is 19.4. The fourth-order valence-corrected chi connectivity index (χ4v) is 9.81. The summed E-state index contributed by atoms with van der Waals surface area (Å²) in [6.45, 7) is 8.05. The SMILES string of the molecule is CC(CCCC1CCC2C3CCC4CCCCC4(C)C3CCC12C)C1CCC1. The van der Waals surface area contributed by atoms with Crippen LogP contribution in [0.4, 0.5) is 0 Å². The quantitative estimate of drug-likeness (QED) is 0.445. The molecule has 0 nitrogen and oxygen atoms in total. The molecule has 0 spiro atoms. The van der Waals surface area contributed by atoms with Gasteiger partial charge in [-0.3, -0.25) is 0 Å². The average molecular weight is 385 g/mol. The van der Waals surface area contributed by atoms with Crippen molar-refractivity contribution in [3.05, 3.63) is 0 Å². The first-order valence-corrected chi connectivity index (χ1v) is 13.5. The molecule has 5 saturated carbocycles. The molecule has 0 N–H and O–H groups in total. The van der Waals surface area contributed by atoms with Crippen molar-refractivity contribution in [1.29, 1.82) is 0 Å². The molecule has 8 atom stereocenters. The van der Waals surface area contributed by atoms with E-state index in [4.69, 9.17) is 0 Å². The highest BCUT2D eigenvalue weighted by molar-refractivity contribution is 5.08. The van der Waals surface area contributed by atoms with Crippen molar-refractivity contribution < 1.29 is 0 Å². The van der Waals surface area contributed by atoms with Gasteiger partial charge in [-0.05, 0) is 110 Å². The molecule has 28 heavy (non-hydrogen) atoms. The van der Waals surface area contributed by atoms with Crippen LogP contribution in [0.5, 0.6) is 0 Å². The summed E-state index contributed by atoms with van der Waals surface area (Å²) in [5, 5.41) is 0. The Morgan fingerprint density at radius 1 is 0.750 bits per heavy atom. The second kappa shape index (κ2) is 7.60. The van der Waals surface area contributed by atoms with E-state index in [0.29, 0.717) is 5.41 Å². The molecule has 5 fully saturated rings. The molecule has 5 aliphatic carbocycles. The first kappa shape index (κ1) is 19.9. The molecule has 0 aromatic rings. The van der Waals surface area contributed by atoms with Gasteiger partial charge >= 0.3 is 0 Å². The van der Waals surface area contributed by atoms with Gasteiger partial charge in [0.05, 0.1) is 0 Å². The van der Waals surface area contributed by atoms with Gasteiger partial charge in [0.2, 0.25) is 0 Å². The van der Waals surface area contributed by atoms with E-state index < -0.39 is 0 Å². The Hall–Kier alpha value is 0. The topological polar surface area (TPSA) is 0 Å². The number of hydrogen-bond acceptors (Lipinski definition) is 0. The fraction of sp³-hybridized carbons (Fsp3) is 1.00. The highest BCUT2D eigenvalue weighted by atomic mass is 14.6. The summed E-state index contributed by atoms with van der Waals surface area (Å²) in [5.74, 6) is 7.50. The van der Waals surface area contributed by atoms with E-state index in [2.05, 4.69) is 20.8 Å². The lowest BCUT2D eigenvalue weighted by atomic mass is 9.45. The summed E-state index contributed by atoms with van der Waals surface area (Å²) in [4.78, 5) is 0. The Morgan fingerprint density at radius 2 is 1.57 bits per heavy atom. The van der Waals surface area contributed by atoms with Crippen LogP contribution in [0.1, 0.15) is 124 Å². The van der Waals surface area contributed by atoms with Crippen LogP contribution in [0.15, 0.2) is 0 Å². The third-order valence-electron chi connectivity index (χ3n) is 11.9. The van der Waals surface area contributed by atoms with E-state index in [-0.39, 0.29) is 0 Å². The number of hydrogen-bond donors (Lipinski definition) is 0. The molecule has 160 valence electrons. The highest BCUT2D eigenvalue weighted by Gasteiger charge is 2.59. The van der Waals surface area contributed by atoms with E-state index in [1.807, 2.05) is 0 Å². The summed E-state index contributed by atoms with van der Waals surface area (Å²) < 4.78 is 0. The van der Waals surface area contributed by atoms with Crippen LogP contribution in [-0.4, -0.2) is 0 Å². The lowest BCUT2D eigenvalue weighted by Gasteiger charge is -2.60. The van der Waals surface area contributed by atoms with E-state index in [9.17, 15) is 0 Å². The van der Waals surface area contributed by atoms with Crippen molar-refractivity contribution in [2.24, 2.45) is 52.3 Å². The Morgan fingerprint density at radius 3 is 2.36 bits per heavy atom. The summed E-state index contributed by atoms with van der Waals surface area (Å²) in [7, 11) is 0. The van der Waals surface area contributed by atoms with Crippen LogP contribution in [0, 0.1) is 52.3 Å². The molecular weight excluding hydrogens is 336 g/mol. The zero-order valence-electron chi connectivity index (χ0n) is 19.4. The average Bonchev–Trinajstić information content (AvgIpc) is 2.96. The number of fused-ring (bicyclic) bond motifs is 5. The van der Waals surface area contributed by atoms with Crippen LogP contribution in [-0.2, 0) is 0 Å². The maximum Gasteiger partial charge on any atom is -0.0266 e. The second-order valence-electron chi connectivity index (χ2n) is 12.8. The van der Waals surface area contributed by atoms with Gasteiger partial charge < -0.3 is 0 Å². The smallest absolute Gasteiger partial charge is 0.0266 e. The predicted molar refractivity (Wildman–Crippen MR) is 120 cm³/mol. The summed E-state index contributed by atoms with van der Waals surface area (Å²) in [5.41, 5.74) is 1.43. The monoisotopic (exact) mass is 384 g/mol. The third kappa shape index (κ3) is 3.13.